The van der Waals surface area contributed by atoms with Crippen molar-refractivity contribution in [1.29, 1.82) is 0 Å². The molecule has 1 atom stereocenters. The second kappa shape index (κ2) is 6.38. The number of ether oxygens (including phenoxy) is 1. The summed E-state index contributed by atoms with van der Waals surface area (Å²) >= 11 is 0. The smallest absolute Gasteiger partial charge is 0.337 e. The number of carboxylic acid groups (broad SMARTS) is 1. The van der Waals surface area contributed by atoms with Crippen molar-refractivity contribution in [3.05, 3.63) is 23.0 Å². The van der Waals surface area contributed by atoms with E-state index in [1.165, 1.54) is 0 Å². The number of aryl methyl sites for hydroxylation is 1. The van der Waals surface area contributed by atoms with Gasteiger partial charge in [0.15, 0.2) is 0 Å². The molecule has 1 heterocycles. The van der Waals surface area contributed by atoms with Crippen LogP contribution in [0.5, 0.6) is 0 Å². The molecule has 1 unspecified atom stereocenters. The number of carbonyl (C=O) groups is 2. The third-order valence-electron chi connectivity index (χ3n) is 3.09. The molecule has 1 rings (SSSR count). The second-order valence-electron chi connectivity index (χ2n) is 4.42. The summed E-state index contributed by atoms with van der Waals surface area (Å²) in [6.45, 7) is 6.12. The van der Waals surface area contributed by atoms with Gasteiger partial charge < -0.3 is 19.7 Å². The lowest BCUT2D eigenvalue weighted by molar-refractivity contribution is -0.124. The molecule has 106 valence electrons. The van der Waals surface area contributed by atoms with E-state index < -0.39 is 12.0 Å². The van der Waals surface area contributed by atoms with Gasteiger partial charge in [0.2, 0.25) is 5.91 Å². The summed E-state index contributed by atoms with van der Waals surface area (Å²) in [5, 5.41) is 11.8. The zero-order valence-corrected chi connectivity index (χ0v) is 11.7. The van der Waals surface area contributed by atoms with Crippen molar-refractivity contribution in [2.45, 2.75) is 26.8 Å². The molecule has 2 N–H and O–H groups in total. The van der Waals surface area contributed by atoms with E-state index in [-0.39, 0.29) is 11.5 Å². The number of hydrogen-bond acceptors (Lipinski definition) is 3. The average Bonchev–Trinajstić information content (AvgIpc) is 2.64. The van der Waals surface area contributed by atoms with Crippen LogP contribution in [0.3, 0.4) is 0 Å². The Morgan fingerprint density at radius 3 is 2.58 bits per heavy atom. The number of amides is 1. The summed E-state index contributed by atoms with van der Waals surface area (Å²) in [5.41, 5.74) is 1.57. The molecule has 0 bridgehead atoms. The van der Waals surface area contributed by atoms with Crippen molar-refractivity contribution in [3.63, 3.8) is 0 Å². The molecule has 0 saturated carbocycles. The first kappa shape index (κ1) is 15.2. The fourth-order valence-electron chi connectivity index (χ4n) is 2.13. The number of carboxylic acids is 1. The predicted molar refractivity (Wildman–Crippen MR) is 70.5 cm³/mol. The van der Waals surface area contributed by atoms with Crippen molar-refractivity contribution in [3.8, 4) is 0 Å². The number of hydrogen-bond donors (Lipinski definition) is 2. The molecule has 0 spiro atoms. The molecule has 0 aliphatic rings. The van der Waals surface area contributed by atoms with E-state index in [9.17, 15) is 9.59 Å². The molecular formula is C13H20N2O4. The molecule has 0 saturated heterocycles. The highest BCUT2D eigenvalue weighted by molar-refractivity contribution is 5.90. The van der Waals surface area contributed by atoms with Crippen LogP contribution >= 0.6 is 0 Å². The fourth-order valence-corrected chi connectivity index (χ4v) is 2.13. The Bertz CT molecular complexity index is 479. The first-order valence-corrected chi connectivity index (χ1v) is 6.08. The lowest BCUT2D eigenvalue weighted by Gasteiger charge is -2.18. The summed E-state index contributed by atoms with van der Waals surface area (Å²) in [6.07, 6.45) is 0. The normalized spacial score (nSPS) is 12.2. The Morgan fingerprint density at radius 1 is 1.47 bits per heavy atom. The minimum atomic E-state index is -0.980. The molecule has 1 amide bonds. The number of rotatable bonds is 6. The third-order valence-corrected chi connectivity index (χ3v) is 3.09. The van der Waals surface area contributed by atoms with E-state index in [0.29, 0.717) is 18.8 Å². The van der Waals surface area contributed by atoms with Gasteiger partial charge in [-0.05, 0) is 26.8 Å². The van der Waals surface area contributed by atoms with Crippen LogP contribution in [-0.4, -0.2) is 41.8 Å². The maximum Gasteiger partial charge on any atom is 0.337 e. The molecule has 1 aromatic heterocycles. The Labute approximate surface area is 112 Å². The highest BCUT2D eigenvalue weighted by Crippen LogP contribution is 2.20. The molecule has 1 aromatic rings. The number of carbonyl (C=O) groups excluding carboxylic acids is 1. The van der Waals surface area contributed by atoms with E-state index in [1.807, 2.05) is 0 Å². The van der Waals surface area contributed by atoms with Crippen molar-refractivity contribution < 1.29 is 19.4 Å². The van der Waals surface area contributed by atoms with Gasteiger partial charge in [0.05, 0.1) is 12.2 Å². The van der Waals surface area contributed by atoms with Gasteiger partial charge in [0.1, 0.15) is 6.04 Å². The van der Waals surface area contributed by atoms with Gasteiger partial charge in [-0.2, -0.15) is 0 Å². The van der Waals surface area contributed by atoms with Gasteiger partial charge in [-0.1, -0.05) is 0 Å². The van der Waals surface area contributed by atoms with E-state index >= 15 is 0 Å². The van der Waals surface area contributed by atoms with Crippen LogP contribution in [0, 0.1) is 13.8 Å². The lowest BCUT2D eigenvalue weighted by Crippen LogP contribution is -2.34. The quantitative estimate of drug-likeness (QED) is 0.758. The fraction of sp³-hybridized carbons (Fsp3) is 0.538. The molecule has 0 aliphatic carbocycles. The Hall–Kier alpha value is -1.82. The number of methoxy groups -OCH3 is 1. The minimum Gasteiger partial charge on any atom is -0.478 e. The van der Waals surface area contributed by atoms with Crippen LogP contribution in [0.4, 0.5) is 0 Å². The molecular weight excluding hydrogens is 248 g/mol. The number of nitrogens with one attached hydrogen (secondary N) is 1. The maximum absolute atomic E-state index is 12.0. The van der Waals surface area contributed by atoms with Crippen LogP contribution in [0.25, 0.3) is 0 Å². The van der Waals surface area contributed by atoms with E-state index in [4.69, 9.17) is 9.84 Å². The monoisotopic (exact) mass is 268 g/mol. The molecule has 0 fully saturated rings. The topological polar surface area (TPSA) is 80.6 Å². The van der Waals surface area contributed by atoms with Crippen LogP contribution in [-0.2, 0) is 9.53 Å². The van der Waals surface area contributed by atoms with E-state index in [0.717, 1.165) is 5.69 Å². The SMILES string of the molecule is COCCNC(=O)C(C)n1c(C)cc(C(=O)O)c1C. The van der Waals surface area contributed by atoms with E-state index in [2.05, 4.69) is 5.32 Å². The molecule has 0 aromatic carbocycles. The maximum atomic E-state index is 12.0. The summed E-state index contributed by atoms with van der Waals surface area (Å²) in [6, 6.07) is 1.13. The summed E-state index contributed by atoms with van der Waals surface area (Å²) < 4.78 is 6.59. The molecule has 6 heteroatoms. The number of aromatic carboxylic acids is 1. The van der Waals surface area contributed by atoms with Gasteiger partial charge in [-0.3, -0.25) is 4.79 Å². The van der Waals surface area contributed by atoms with Gasteiger partial charge in [-0.15, -0.1) is 0 Å². The largest absolute Gasteiger partial charge is 0.478 e. The summed E-state index contributed by atoms with van der Waals surface area (Å²) in [7, 11) is 1.56. The van der Waals surface area contributed by atoms with Gasteiger partial charge in [0, 0.05) is 25.0 Å². The Morgan fingerprint density at radius 2 is 2.11 bits per heavy atom. The predicted octanol–water partition coefficient (Wildman–Crippen LogP) is 1.13. The average molecular weight is 268 g/mol. The Balaban J connectivity index is 2.90. The highest BCUT2D eigenvalue weighted by Gasteiger charge is 2.22. The highest BCUT2D eigenvalue weighted by atomic mass is 16.5. The van der Waals surface area contributed by atoms with Gasteiger partial charge >= 0.3 is 5.97 Å². The van der Waals surface area contributed by atoms with Gasteiger partial charge in [0.25, 0.3) is 0 Å². The molecule has 0 aliphatic heterocycles. The van der Waals surface area contributed by atoms with Crippen molar-refractivity contribution >= 4 is 11.9 Å². The van der Waals surface area contributed by atoms with Crippen molar-refractivity contribution in [1.82, 2.24) is 9.88 Å². The first-order valence-electron chi connectivity index (χ1n) is 6.08. The van der Waals surface area contributed by atoms with E-state index in [1.54, 1.807) is 38.5 Å². The van der Waals surface area contributed by atoms with Crippen LogP contribution in [0.2, 0.25) is 0 Å². The first-order chi connectivity index (χ1) is 8.90. The minimum absolute atomic E-state index is 0.157. The second-order valence-corrected chi connectivity index (χ2v) is 4.42. The third kappa shape index (κ3) is 3.35. The molecule has 6 nitrogen and oxygen atoms in total. The zero-order chi connectivity index (χ0) is 14.6. The zero-order valence-electron chi connectivity index (χ0n) is 11.7. The van der Waals surface area contributed by atoms with Crippen LogP contribution < -0.4 is 5.32 Å². The number of nitrogens with zero attached hydrogens (tertiary/aromatic N) is 1. The number of aromatic nitrogens is 1. The van der Waals surface area contributed by atoms with Crippen molar-refractivity contribution in [2.75, 3.05) is 20.3 Å². The lowest BCUT2D eigenvalue weighted by atomic mass is 10.2. The molecule has 0 radical (unpaired) electrons. The molecule has 19 heavy (non-hydrogen) atoms. The van der Waals surface area contributed by atoms with Crippen LogP contribution in [0.1, 0.15) is 34.7 Å². The standard InChI is InChI=1S/C13H20N2O4/c1-8-7-11(13(17)18)9(2)15(8)10(3)12(16)14-5-6-19-4/h7,10H,5-6H2,1-4H3,(H,14,16)(H,17,18). The van der Waals surface area contributed by atoms with Crippen molar-refractivity contribution in [2.24, 2.45) is 0 Å². The summed E-state index contributed by atoms with van der Waals surface area (Å²) in [5.74, 6) is -1.14. The van der Waals surface area contributed by atoms with Gasteiger partial charge in [-0.25, -0.2) is 4.79 Å². The van der Waals surface area contributed by atoms with Crippen LogP contribution in [0.15, 0.2) is 6.07 Å². The Kier molecular flexibility index (Phi) is 5.11. The summed E-state index contributed by atoms with van der Waals surface area (Å²) in [4.78, 5) is 23.0.